The van der Waals surface area contributed by atoms with E-state index in [4.69, 9.17) is 9.52 Å². The van der Waals surface area contributed by atoms with E-state index in [0.29, 0.717) is 36.6 Å². The highest BCUT2D eigenvalue weighted by atomic mass is 127. The molecule has 2 aromatic heterocycles. The lowest BCUT2D eigenvalue weighted by Gasteiger charge is -2.38. The van der Waals surface area contributed by atoms with Crippen molar-refractivity contribution in [2.75, 3.05) is 33.2 Å². The summed E-state index contributed by atoms with van der Waals surface area (Å²) in [7, 11) is 2.23. The Balaban J connectivity index is 0.00000280. The Morgan fingerprint density at radius 3 is 2.96 bits per heavy atom. The van der Waals surface area contributed by atoms with Crippen LogP contribution in [0.4, 0.5) is 0 Å². The molecule has 2 aromatic rings. The van der Waals surface area contributed by atoms with Crippen LogP contribution in [0.1, 0.15) is 42.4 Å². The summed E-state index contributed by atoms with van der Waals surface area (Å²) in [4.78, 5) is 13.0. The second kappa shape index (κ2) is 11.7. The van der Waals surface area contributed by atoms with Gasteiger partial charge in [0.05, 0.1) is 0 Å². The summed E-state index contributed by atoms with van der Waals surface area (Å²) >= 11 is 1.85. The quantitative estimate of drug-likeness (QED) is 0.333. The lowest BCUT2D eigenvalue weighted by Crippen LogP contribution is -2.40. The highest BCUT2D eigenvalue weighted by molar-refractivity contribution is 14.0. The summed E-state index contributed by atoms with van der Waals surface area (Å²) < 4.78 is 5.16. The van der Waals surface area contributed by atoms with Gasteiger partial charge in [-0.05, 0) is 57.6 Å². The van der Waals surface area contributed by atoms with E-state index in [1.165, 1.54) is 17.7 Å². The van der Waals surface area contributed by atoms with E-state index in [1.54, 1.807) is 0 Å². The number of nitrogens with zero attached hydrogens (tertiary/aromatic N) is 4. The second-order valence-corrected chi connectivity index (χ2v) is 7.95. The van der Waals surface area contributed by atoms with Crippen molar-refractivity contribution in [2.24, 2.45) is 10.9 Å². The molecule has 1 fully saturated rings. The zero-order valence-corrected chi connectivity index (χ0v) is 20.0. The number of likely N-dealkylation sites (tertiary alicyclic amines) is 1. The van der Waals surface area contributed by atoms with Gasteiger partial charge < -0.3 is 15.2 Å². The molecule has 9 heteroatoms. The first-order valence-electron chi connectivity index (χ1n) is 9.72. The number of aromatic nitrogens is 2. The fourth-order valence-electron chi connectivity index (χ4n) is 3.64. The smallest absolute Gasteiger partial charge is 0.228 e. The van der Waals surface area contributed by atoms with Crippen molar-refractivity contribution < 1.29 is 4.52 Å². The Morgan fingerprint density at radius 2 is 2.29 bits per heavy atom. The Bertz CT molecular complexity index is 720. The van der Waals surface area contributed by atoms with E-state index in [-0.39, 0.29) is 24.0 Å². The molecule has 7 nitrogen and oxygen atoms in total. The Hall–Kier alpha value is -1.20. The number of nitrogens with one attached hydrogen (secondary N) is 2. The molecule has 0 bridgehead atoms. The van der Waals surface area contributed by atoms with E-state index in [2.05, 4.69) is 57.2 Å². The normalized spacial score (nSPS) is 20.6. The maximum absolute atomic E-state index is 5.16. The number of aliphatic imine (C=N–C) groups is 1. The number of thiophene rings is 1. The lowest BCUT2D eigenvalue weighted by atomic mass is 9.88. The molecule has 3 rings (SSSR count). The number of piperidine rings is 1. The first kappa shape index (κ1) is 23.1. The molecule has 0 spiro atoms. The van der Waals surface area contributed by atoms with E-state index < -0.39 is 0 Å². The summed E-state index contributed by atoms with van der Waals surface area (Å²) in [6, 6.07) is 4.86. The fourth-order valence-corrected chi connectivity index (χ4v) is 4.62. The molecule has 2 N–H and O–H groups in total. The predicted octanol–water partition coefficient (Wildman–Crippen LogP) is 3.24. The minimum absolute atomic E-state index is 0. The Morgan fingerprint density at radius 1 is 1.43 bits per heavy atom. The van der Waals surface area contributed by atoms with Gasteiger partial charge in [-0.2, -0.15) is 4.98 Å². The van der Waals surface area contributed by atoms with Crippen LogP contribution in [0.2, 0.25) is 0 Å². The average Bonchev–Trinajstić information content (AvgIpc) is 3.31. The van der Waals surface area contributed by atoms with Gasteiger partial charge in [-0.15, -0.1) is 35.3 Å². The maximum Gasteiger partial charge on any atom is 0.228 e. The third-order valence-electron chi connectivity index (χ3n) is 4.87. The van der Waals surface area contributed by atoms with Gasteiger partial charge in [0, 0.05) is 37.0 Å². The van der Waals surface area contributed by atoms with Gasteiger partial charge in [0.25, 0.3) is 0 Å². The van der Waals surface area contributed by atoms with Gasteiger partial charge in [0.2, 0.25) is 5.89 Å². The molecule has 1 aliphatic heterocycles. The largest absolute Gasteiger partial charge is 0.357 e. The highest BCUT2D eigenvalue weighted by Gasteiger charge is 2.31. The van der Waals surface area contributed by atoms with Gasteiger partial charge in [-0.3, -0.25) is 9.89 Å². The molecule has 0 saturated carbocycles. The van der Waals surface area contributed by atoms with Crippen molar-refractivity contribution in [1.29, 1.82) is 0 Å². The minimum atomic E-state index is 0. The molecular weight excluding hydrogens is 487 g/mol. The van der Waals surface area contributed by atoms with E-state index in [9.17, 15) is 0 Å². The highest BCUT2D eigenvalue weighted by Crippen LogP contribution is 2.37. The number of rotatable bonds is 7. The molecule has 0 aliphatic carbocycles. The van der Waals surface area contributed by atoms with Crippen molar-refractivity contribution in [3.05, 3.63) is 34.1 Å². The number of aryl methyl sites for hydroxylation is 1. The van der Waals surface area contributed by atoms with Gasteiger partial charge in [0.15, 0.2) is 11.8 Å². The molecule has 2 atom stereocenters. The van der Waals surface area contributed by atoms with Gasteiger partial charge >= 0.3 is 0 Å². The molecule has 156 valence electrons. The van der Waals surface area contributed by atoms with Crippen LogP contribution in [0.3, 0.4) is 0 Å². The van der Waals surface area contributed by atoms with Crippen LogP contribution in [0.15, 0.2) is 27.0 Å². The second-order valence-electron chi connectivity index (χ2n) is 6.97. The van der Waals surface area contributed by atoms with Crippen molar-refractivity contribution >= 4 is 41.3 Å². The van der Waals surface area contributed by atoms with Crippen LogP contribution >= 0.6 is 35.3 Å². The molecule has 0 aromatic carbocycles. The van der Waals surface area contributed by atoms with Crippen molar-refractivity contribution in [3.8, 4) is 0 Å². The number of halogens is 1. The molecular formula is C19H31IN6OS. The summed E-state index contributed by atoms with van der Waals surface area (Å²) in [5.41, 5.74) is 0. The first-order chi connectivity index (χ1) is 13.2. The molecule has 28 heavy (non-hydrogen) atoms. The van der Waals surface area contributed by atoms with Crippen LogP contribution < -0.4 is 10.6 Å². The number of hydrogen-bond acceptors (Lipinski definition) is 6. The zero-order chi connectivity index (χ0) is 19.1. The SMILES string of the molecule is CCNC(=NCC1CCCN(C)C1c1cccs1)NCCc1nc(C)no1.I. The molecule has 0 amide bonds. The maximum atomic E-state index is 5.16. The van der Waals surface area contributed by atoms with E-state index >= 15 is 0 Å². The number of guanidine groups is 1. The van der Waals surface area contributed by atoms with Crippen LogP contribution in [0, 0.1) is 12.8 Å². The first-order valence-corrected chi connectivity index (χ1v) is 10.6. The topological polar surface area (TPSA) is 78.6 Å². The summed E-state index contributed by atoms with van der Waals surface area (Å²) in [6.45, 7) is 7.45. The van der Waals surface area contributed by atoms with Crippen molar-refractivity contribution in [1.82, 2.24) is 25.7 Å². The van der Waals surface area contributed by atoms with Crippen LogP contribution in [-0.2, 0) is 6.42 Å². The van der Waals surface area contributed by atoms with Gasteiger partial charge in [0.1, 0.15) is 0 Å². The predicted molar refractivity (Wildman–Crippen MR) is 125 cm³/mol. The van der Waals surface area contributed by atoms with E-state index in [1.807, 2.05) is 18.3 Å². The zero-order valence-electron chi connectivity index (χ0n) is 16.9. The third kappa shape index (κ3) is 6.41. The molecule has 3 heterocycles. The van der Waals surface area contributed by atoms with Crippen LogP contribution in [0.5, 0.6) is 0 Å². The van der Waals surface area contributed by atoms with Gasteiger partial charge in [-0.25, -0.2) is 0 Å². The fraction of sp³-hybridized carbons (Fsp3) is 0.632. The Labute approximate surface area is 188 Å². The van der Waals surface area contributed by atoms with Crippen molar-refractivity contribution in [2.45, 2.75) is 39.2 Å². The molecule has 1 aliphatic rings. The van der Waals surface area contributed by atoms with E-state index in [0.717, 1.165) is 25.6 Å². The molecule has 2 unspecified atom stereocenters. The Kier molecular flexibility index (Phi) is 9.66. The third-order valence-corrected chi connectivity index (χ3v) is 5.81. The average molecular weight is 518 g/mol. The minimum Gasteiger partial charge on any atom is -0.357 e. The molecule has 1 saturated heterocycles. The monoisotopic (exact) mass is 518 g/mol. The summed E-state index contributed by atoms with van der Waals surface area (Å²) in [5.74, 6) is 2.72. The van der Waals surface area contributed by atoms with Crippen molar-refractivity contribution in [3.63, 3.8) is 0 Å². The van der Waals surface area contributed by atoms with Crippen LogP contribution in [-0.4, -0.2) is 54.2 Å². The van der Waals surface area contributed by atoms with Crippen LogP contribution in [0.25, 0.3) is 0 Å². The summed E-state index contributed by atoms with van der Waals surface area (Å²) in [6.07, 6.45) is 3.14. The number of hydrogen-bond donors (Lipinski definition) is 2. The lowest BCUT2D eigenvalue weighted by molar-refractivity contribution is 0.128. The van der Waals surface area contributed by atoms with Gasteiger partial charge in [-0.1, -0.05) is 11.2 Å². The molecule has 0 radical (unpaired) electrons. The summed E-state index contributed by atoms with van der Waals surface area (Å²) in [5, 5.41) is 12.7. The standard InChI is InChI=1S/C19H30N6OS.HI/c1-4-20-19(21-10-9-17-23-14(2)24-26-17)22-13-15-7-5-11-25(3)18(15)16-8-6-12-27-16;/h6,8,12,15,18H,4-5,7,9-11,13H2,1-3H3,(H2,20,21,22);1H.